The van der Waals surface area contributed by atoms with Gasteiger partial charge in [0.05, 0.1) is 0 Å². The van der Waals surface area contributed by atoms with E-state index in [-0.39, 0.29) is 24.0 Å². The number of hydrogen-bond donors (Lipinski definition) is 2. The van der Waals surface area contributed by atoms with Crippen LogP contribution in [0.3, 0.4) is 0 Å². The normalized spacial score (nSPS) is 15.3. The summed E-state index contributed by atoms with van der Waals surface area (Å²) in [4.78, 5) is 4.37. The van der Waals surface area contributed by atoms with E-state index < -0.39 is 0 Å². The van der Waals surface area contributed by atoms with E-state index in [1.54, 1.807) is 0 Å². The van der Waals surface area contributed by atoms with Gasteiger partial charge in [0, 0.05) is 18.1 Å². The Balaban J connectivity index is 0.00000200. The van der Waals surface area contributed by atoms with Gasteiger partial charge in [-0.3, -0.25) is 4.99 Å². The number of aryl methyl sites for hydroxylation is 1. The molecule has 0 aliphatic heterocycles. The molecular weight excluding hydrogens is 385 g/mol. The zero-order valence-corrected chi connectivity index (χ0v) is 14.7. The van der Waals surface area contributed by atoms with Gasteiger partial charge in [0.25, 0.3) is 0 Å². The molecule has 3 N–H and O–H groups in total. The average molecular weight is 408 g/mol. The summed E-state index contributed by atoms with van der Waals surface area (Å²) in [6, 6.07) is 7.99. The first-order valence-electron chi connectivity index (χ1n) is 7.02. The standard InChI is InChI=1S/C15H22ClN3.HI/c16-14-8-6-12(7-9-14)5-2-10-18-15(17)19-11-13-3-1-4-13;/h6-9,13H,1-5,10-11H2,(H3,17,18,19);1H. The number of rotatable bonds is 6. The molecule has 0 radical (unpaired) electrons. The highest BCUT2D eigenvalue weighted by Crippen LogP contribution is 2.26. The number of nitrogens with two attached hydrogens (primary N) is 1. The second-order valence-electron chi connectivity index (χ2n) is 5.18. The highest BCUT2D eigenvalue weighted by atomic mass is 127. The van der Waals surface area contributed by atoms with Crippen LogP contribution in [0, 0.1) is 5.92 Å². The lowest BCUT2D eigenvalue weighted by atomic mass is 9.86. The molecule has 2 rings (SSSR count). The van der Waals surface area contributed by atoms with Crippen LogP contribution in [0.4, 0.5) is 0 Å². The Morgan fingerprint density at radius 2 is 2.00 bits per heavy atom. The van der Waals surface area contributed by atoms with Crippen molar-refractivity contribution in [2.45, 2.75) is 32.1 Å². The van der Waals surface area contributed by atoms with Crippen molar-refractivity contribution in [1.82, 2.24) is 5.32 Å². The molecule has 0 heterocycles. The zero-order chi connectivity index (χ0) is 13.5. The lowest BCUT2D eigenvalue weighted by Crippen LogP contribution is -2.33. The Hall–Kier alpha value is -0.490. The molecule has 0 bridgehead atoms. The molecule has 3 nitrogen and oxygen atoms in total. The van der Waals surface area contributed by atoms with Gasteiger partial charge in [0.2, 0.25) is 0 Å². The molecular formula is C15H23ClIN3. The lowest BCUT2D eigenvalue weighted by molar-refractivity contribution is 0.326. The van der Waals surface area contributed by atoms with Crippen molar-refractivity contribution >= 4 is 41.5 Å². The average Bonchev–Trinajstić information content (AvgIpc) is 2.35. The maximum Gasteiger partial charge on any atom is 0.188 e. The third-order valence-corrected chi connectivity index (χ3v) is 3.86. The van der Waals surface area contributed by atoms with Gasteiger partial charge in [-0.2, -0.15) is 0 Å². The molecule has 1 fully saturated rings. The third-order valence-electron chi connectivity index (χ3n) is 3.61. The van der Waals surface area contributed by atoms with Crippen LogP contribution in [0.5, 0.6) is 0 Å². The molecule has 0 atom stereocenters. The van der Waals surface area contributed by atoms with Gasteiger partial charge in [-0.05, 0) is 49.3 Å². The van der Waals surface area contributed by atoms with Gasteiger partial charge in [-0.1, -0.05) is 30.2 Å². The molecule has 20 heavy (non-hydrogen) atoms. The molecule has 0 spiro atoms. The number of nitrogens with zero attached hydrogens (tertiary/aromatic N) is 1. The first-order valence-corrected chi connectivity index (χ1v) is 7.40. The van der Waals surface area contributed by atoms with E-state index in [4.69, 9.17) is 17.3 Å². The minimum atomic E-state index is 0. The number of benzene rings is 1. The number of nitrogens with one attached hydrogen (secondary N) is 1. The van der Waals surface area contributed by atoms with Crippen molar-refractivity contribution in [3.8, 4) is 0 Å². The predicted molar refractivity (Wildman–Crippen MR) is 97.0 cm³/mol. The van der Waals surface area contributed by atoms with Crippen LogP contribution >= 0.6 is 35.6 Å². The quantitative estimate of drug-likeness (QED) is 0.328. The summed E-state index contributed by atoms with van der Waals surface area (Å²) >= 11 is 5.85. The molecule has 1 aromatic carbocycles. The molecule has 0 amide bonds. The molecule has 1 saturated carbocycles. The molecule has 112 valence electrons. The molecule has 0 saturated heterocycles. The summed E-state index contributed by atoms with van der Waals surface area (Å²) in [5.41, 5.74) is 7.12. The van der Waals surface area contributed by atoms with Crippen molar-refractivity contribution in [1.29, 1.82) is 0 Å². The summed E-state index contributed by atoms with van der Waals surface area (Å²) in [5, 5.41) is 3.96. The second kappa shape index (κ2) is 9.45. The minimum absolute atomic E-state index is 0. The molecule has 1 aromatic rings. The fourth-order valence-electron chi connectivity index (χ4n) is 2.12. The number of hydrogen-bond acceptors (Lipinski definition) is 1. The van der Waals surface area contributed by atoms with Crippen LogP contribution in [0.2, 0.25) is 5.02 Å². The van der Waals surface area contributed by atoms with Crippen molar-refractivity contribution in [3.63, 3.8) is 0 Å². The SMILES string of the molecule is I.NC(=NCC1CCC1)NCCCc1ccc(Cl)cc1. The van der Waals surface area contributed by atoms with E-state index in [0.717, 1.165) is 36.9 Å². The van der Waals surface area contributed by atoms with E-state index in [1.807, 2.05) is 12.1 Å². The van der Waals surface area contributed by atoms with Crippen molar-refractivity contribution < 1.29 is 0 Å². The maximum atomic E-state index is 5.85. The van der Waals surface area contributed by atoms with Crippen LogP contribution in [0.25, 0.3) is 0 Å². The van der Waals surface area contributed by atoms with Gasteiger partial charge >= 0.3 is 0 Å². The van der Waals surface area contributed by atoms with Gasteiger partial charge < -0.3 is 11.1 Å². The fraction of sp³-hybridized carbons (Fsp3) is 0.533. The van der Waals surface area contributed by atoms with Crippen LogP contribution in [0.15, 0.2) is 29.3 Å². The largest absolute Gasteiger partial charge is 0.370 e. The van der Waals surface area contributed by atoms with E-state index in [0.29, 0.717) is 5.96 Å². The Kier molecular flexibility index (Phi) is 8.30. The lowest BCUT2D eigenvalue weighted by Gasteiger charge is -2.23. The van der Waals surface area contributed by atoms with Gasteiger partial charge in [-0.25, -0.2) is 0 Å². The summed E-state index contributed by atoms with van der Waals surface area (Å²) in [6.45, 7) is 1.75. The van der Waals surface area contributed by atoms with Crippen LogP contribution < -0.4 is 11.1 Å². The fourth-order valence-corrected chi connectivity index (χ4v) is 2.24. The Morgan fingerprint density at radius 3 is 2.60 bits per heavy atom. The topological polar surface area (TPSA) is 50.4 Å². The molecule has 0 unspecified atom stereocenters. The Morgan fingerprint density at radius 1 is 1.30 bits per heavy atom. The smallest absolute Gasteiger partial charge is 0.188 e. The van der Waals surface area contributed by atoms with Crippen molar-refractivity contribution in [2.75, 3.05) is 13.1 Å². The first kappa shape index (κ1) is 17.6. The molecule has 1 aliphatic carbocycles. The Labute approximate surface area is 143 Å². The minimum Gasteiger partial charge on any atom is -0.370 e. The second-order valence-corrected chi connectivity index (χ2v) is 5.62. The van der Waals surface area contributed by atoms with Crippen LogP contribution in [-0.2, 0) is 6.42 Å². The first-order chi connectivity index (χ1) is 9.24. The van der Waals surface area contributed by atoms with Gasteiger partial charge in [0.15, 0.2) is 5.96 Å². The Bertz CT molecular complexity index is 416. The highest BCUT2D eigenvalue weighted by molar-refractivity contribution is 14.0. The molecule has 1 aliphatic rings. The van der Waals surface area contributed by atoms with Crippen molar-refractivity contribution in [2.24, 2.45) is 16.6 Å². The monoisotopic (exact) mass is 407 g/mol. The summed E-state index contributed by atoms with van der Waals surface area (Å²) < 4.78 is 0. The number of aliphatic imine (C=N–C) groups is 1. The third kappa shape index (κ3) is 6.31. The number of halogens is 2. The molecule has 5 heteroatoms. The molecule has 0 aromatic heterocycles. The van der Waals surface area contributed by atoms with E-state index in [9.17, 15) is 0 Å². The maximum absolute atomic E-state index is 5.85. The van der Waals surface area contributed by atoms with Gasteiger partial charge in [-0.15, -0.1) is 24.0 Å². The van der Waals surface area contributed by atoms with E-state index >= 15 is 0 Å². The summed E-state index contributed by atoms with van der Waals surface area (Å²) in [5.74, 6) is 1.36. The van der Waals surface area contributed by atoms with Crippen molar-refractivity contribution in [3.05, 3.63) is 34.9 Å². The van der Waals surface area contributed by atoms with Gasteiger partial charge in [0.1, 0.15) is 0 Å². The number of guanidine groups is 1. The summed E-state index contributed by atoms with van der Waals surface area (Å²) in [7, 11) is 0. The zero-order valence-electron chi connectivity index (χ0n) is 11.6. The van der Waals surface area contributed by atoms with E-state index in [2.05, 4.69) is 22.4 Å². The highest BCUT2D eigenvalue weighted by Gasteiger charge is 2.16. The predicted octanol–water partition coefficient (Wildman–Crippen LogP) is 3.60. The van der Waals surface area contributed by atoms with Crippen LogP contribution in [-0.4, -0.2) is 19.0 Å². The van der Waals surface area contributed by atoms with Crippen LogP contribution in [0.1, 0.15) is 31.2 Å². The summed E-state index contributed by atoms with van der Waals surface area (Å²) in [6.07, 6.45) is 6.05. The van der Waals surface area contributed by atoms with E-state index in [1.165, 1.54) is 24.8 Å².